The van der Waals surface area contributed by atoms with E-state index >= 15 is 0 Å². The second-order valence-electron chi connectivity index (χ2n) is 3.38. The van der Waals surface area contributed by atoms with Crippen molar-refractivity contribution < 1.29 is 5.11 Å². The molecule has 2 unspecified atom stereocenters. The van der Waals surface area contributed by atoms with Gasteiger partial charge in [-0.3, -0.25) is 0 Å². The molecule has 0 bridgehead atoms. The Labute approximate surface area is 66.2 Å². The van der Waals surface area contributed by atoms with Crippen molar-refractivity contribution in [2.24, 2.45) is 5.92 Å². The molecule has 0 aromatic heterocycles. The van der Waals surface area contributed by atoms with Gasteiger partial charge in [-0.1, -0.05) is 6.42 Å². The van der Waals surface area contributed by atoms with Crippen molar-refractivity contribution in [3.63, 3.8) is 0 Å². The normalized spacial score (nSPS) is 36.3. The van der Waals surface area contributed by atoms with Crippen LogP contribution in [0.5, 0.6) is 0 Å². The van der Waals surface area contributed by atoms with E-state index in [0.29, 0.717) is 11.2 Å². The highest BCUT2D eigenvalue weighted by Crippen LogP contribution is 2.39. The highest BCUT2D eigenvalue weighted by molar-refractivity contribution is 8.01. The SMILES string of the molecule is OC(C1CCC1)C1CCS1. The molecule has 1 saturated heterocycles. The zero-order valence-electron chi connectivity index (χ0n) is 6.12. The summed E-state index contributed by atoms with van der Waals surface area (Å²) in [5.41, 5.74) is 0. The van der Waals surface area contributed by atoms with E-state index in [2.05, 4.69) is 0 Å². The van der Waals surface area contributed by atoms with Gasteiger partial charge in [0.05, 0.1) is 6.10 Å². The number of thioether (sulfide) groups is 1. The van der Waals surface area contributed by atoms with E-state index in [9.17, 15) is 5.11 Å². The second kappa shape index (κ2) is 2.74. The van der Waals surface area contributed by atoms with Crippen LogP contribution in [-0.2, 0) is 0 Å². The molecule has 2 aliphatic rings. The molecule has 10 heavy (non-hydrogen) atoms. The van der Waals surface area contributed by atoms with Crippen LogP contribution in [0.1, 0.15) is 25.7 Å². The highest BCUT2D eigenvalue weighted by Gasteiger charge is 2.34. The lowest BCUT2D eigenvalue weighted by Crippen LogP contribution is -2.39. The van der Waals surface area contributed by atoms with Crippen LogP contribution in [0.2, 0.25) is 0 Å². The smallest absolute Gasteiger partial charge is 0.0687 e. The van der Waals surface area contributed by atoms with Crippen LogP contribution in [0.15, 0.2) is 0 Å². The van der Waals surface area contributed by atoms with Crippen molar-refractivity contribution in [3.05, 3.63) is 0 Å². The average Bonchev–Trinajstić information content (AvgIpc) is 1.52. The molecule has 0 aromatic carbocycles. The summed E-state index contributed by atoms with van der Waals surface area (Å²) in [4.78, 5) is 0. The van der Waals surface area contributed by atoms with Gasteiger partial charge < -0.3 is 5.11 Å². The Kier molecular flexibility index (Phi) is 1.92. The van der Waals surface area contributed by atoms with E-state index in [1.807, 2.05) is 11.8 Å². The minimum Gasteiger partial charge on any atom is -0.392 e. The number of aliphatic hydroxyl groups is 1. The third kappa shape index (κ3) is 1.08. The number of hydrogen-bond acceptors (Lipinski definition) is 2. The van der Waals surface area contributed by atoms with E-state index in [0.717, 1.165) is 0 Å². The molecule has 1 N–H and O–H groups in total. The summed E-state index contributed by atoms with van der Waals surface area (Å²) in [5, 5.41) is 10.3. The van der Waals surface area contributed by atoms with E-state index in [-0.39, 0.29) is 6.10 Å². The molecular weight excluding hydrogens is 144 g/mol. The number of rotatable bonds is 2. The summed E-state index contributed by atoms with van der Waals surface area (Å²) in [6, 6.07) is 0. The van der Waals surface area contributed by atoms with Gasteiger partial charge in [-0.2, -0.15) is 11.8 Å². The standard InChI is InChI=1S/C8H14OS/c9-8(6-2-1-3-6)7-4-5-10-7/h6-9H,1-5H2. The minimum atomic E-state index is 0.0347. The molecule has 2 rings (SSSR count). The summed E-state index contributed by atoms with van der Waals surface area (Å²) in [5.74, 6) is 1.94. The molecule has 1 heterocycles. The second-order valence-corrected chi connectivity index (χ2v) is 4.73. The van der Waals surface area contributed by atoms with Crippen molar-refractivity contribution in [1.82, 2.24) is 0 Å². The summed E-state index contributed by atoms with van der Waals surface area (Å²) in [6.07, 6.45) is 5.19. The maximum absolute atomic E-state index is 9.67. The Bertz CT molecular complexity index is 104. The summed E-state index contributed by atoms with van der Waals surface area (Å²) < 4.78 is 0. The van der Waals surface area contributed by atoms with Gasteiger partial charge in [0, 0.05) is 5.25 Å². The topological polar surface area (TPSA) is 20.2 Å². The molecule has 1 aliphatic carbocycles. The Hall–Kier alpha value is 0.310. The summed E-state index contributed by atoms with van der Waals surface area (Å²) >= 11 is 1.94. The van der Waals surface area contributed by atoms with E-state index < -0.39 is 0 Å². The van der Waals surface area contributed by atoms with E-state index in [1.54, 1.807) is 0 Å². The van der Waals surface area contributed by atoms with Crippen LogP contribution in [-0.4, -0.2) is 22.2 Å². The monoisotopic (exact) mass is 158 g/mol. The van der Waals surface area contributed by atoms with Crippen LogP contribution < -0.4 is 0 Å². The Balaban J connectivity index is 1.79. The maximum Gasteiger partial charge on any atom is 0.0687 e. The Morgan fingerprint density at radius 2 is 2.00 bits per heavy atom. The number of hydrogen-bond donors (Lipinski definition) is 1. The minimum absolute atomic E-state index is 0.0347. The molecule has 0 amide bonds. The third-order valence-corrected chi connectivity index (χ3v) is 4.16. The van der Waals surface area contributed by atoms with Gasteiger partial charge in [-0.15, -0.1) is 0 Å². The summed E-state index contributed by atoms with van der Waals surface area (Å²) in [7, 11) is 0. The first-order valence-corrected chi connectivity index (χ1v) is 5.22. The fourth-order valence-corrected chi connectivity index (χ4v) is 2.54. The van der Waals surface area contributed by atoms with Gasteiger partial charge in [-0.05, 0) is 30.9 Å². The number of aliphatic hydroxyl groups excluding tert-OH is 1. The molecule has 0 aromatic rings. The van der Waals surface area contributed by atoms with Crippen molar-refractivity contribution in [2.45, 2.75) is 37.0 Å². The van der Waals surface area contributed by atoms with Crippen LogP contribution in [0, 0.1) is 5.92 Å². The molecule has 0 spiro atoms. The zero-order valence-corrected chi connectivity index (χ0v) is 6.94. The van der Waals surface area contributed by atoms with Crippen molar-refractivity contribution in [3.8, 4) is 0 Å². The molecule has 2 heteroatoms. The van der Waals surface area contributed by atoms with Gasteiger partial charge >= 0.3 is 0 Å². The van der Waals surface area contributed by atoms with Crippen LogP contribution in [0.25, 0.3) is 0 Å². The van der Waals surface area contributed by atoms with Gasteiger partial charge in [0.1, 0.15) is 0 Å². The molecule has 0 radical (unpaired) electrons. The predicted molar refractivity (Wildman–Crippen MR) is 44.2 cm³/mol. The molecule has 2 atom stereocenters. The van der Waals surface area contributed by atoms with Gasteiger partial charge in [-0.25, -0.2) is 0 Å². The lowest BCUT2D eigenvalue weighted by molar-refractivity contribution is 0.0575. The third-order valence-electron chi connectivity index (χ3n) is 2.75. The molecular formula is C8H14OS. The molecule has 58 valence electrons. The van der Waals surface area contributed by atoms with Crippen molar-refractivity contribution >= 4 is 11.8 Å². The van der Waals surface area contributed by atoms with Gasteiger partial charge in [0.25, 0.3) is 0 Å². The van der Waals surface area contributed by atoms with Gasteiger partial charge in [0.2, 0.25) is 0 Å². The van der Waals surface area contributed by atoms with Crippen molar-refractivity contribution in [2.75, 3.05) is 5.75 Å². The quantitative estimate of drug-likeness (QED) is 0.659. The van der Waals surface area contributed by atoms with Crippen LogP contribution in [0.4, 0.5) is 0 Å². The molecule has 1 nitrogen and oxygen atoms in total. The van der Waals surface area contributed by atoms with Gasteiger partial charge in [0.15, 0.2) is 0 Å². The maximum atomic E-state index is 9.67. The van der Waals surface area contributed by atoms with Crippen LogP contribution >= 0.6 is 11.8 Å². The van der Waals surface area contributed by atoms with E-state index in [1.165, 1.54) is 31.4 Å². The van der Waals surface area contributed by atoms with Crippen molar-refractivity contribution in [1.29, 1.82) is 0 Å². The Morgan fingerprint density at radius 1 is 1.30 bits per heavy atom. The Morgan fingerprint density at radius 3 is 2.30 bits per heavy atom. The average molecular weight is 158 g/mol. The van der Waals surface area contributed by atoms with Crippen LogP contribution in [0.3, 0.4) is 0 Å². The zero-order chi connectivity index (χ0) is 6.97. The predicted octanol–water partition coefficient (Wildman–Crippen LogP) is 1.65. The first-order valence-electron chi connectivity index (χ1n) is 4.17. The summed E-state index contributed by atoms with van der Waals surface area (Å²) in [6.45, 7) is 0. The highest BCUT2D eigenvalue weighted by atomic mass is 32.2. The molecule has 1 saturated carbocycles. The fourth-order valence-electron chi connectivity index (χ4n) is 1.61. The largest absolute Gasteiger partial charge is 0.392 e. The first kappa shape index (κ1) is 6.99. The lowest BCUT2D eigenvalue weighted by atomic mass is 9.79. The lowest BCUT2D eigenvalue weighted by Gasteiger charge is -2.38. The molecule has 2 fully saturated rings. The fraction of sp³-hybridized carbons (Fsp3) is 1.00. The first-order chi connectivity index (χ1) is 4.88. The molecule has 1 aliphatic heterocycles. The van der Waals surface area contributed by atoms with E-state index in [4.69, 9.17) is 0 Å².